The van der Waals surface area contributed by atoms with Crippen LogP contribution in [-0.4, -0.2) is 55.5 Å². The van der Waals surface area contributed by atoms with Crippen LogP contribution in [0.3, 0.4) is 0 Å². The Morgan fingerprint density at radius 1 is 0.881 bits per heavy atom. The van der Waals surface area contributed by atoms with E-state index >= 15 is 0 Å². The van der Waals surface area contributed by atoms with Crippen molar-refractivity contribution in [3.63, 3.8) is 0 Å². The van der Waals surface area contributed by atoms with Gasteiger partial charge in [0, 0.05) is 11.8 Å². The van der Waals surface area contributed by atoms with Gasteiger partial charge in [0.25, 0.3) is 14.2 Å². The average Bonchev–Trinajstić information content (AvgIpc) is 2.92. The molecule has 1 amide bonds. The first kappa shape index (κ1) is 31.4. The second-order valence-electron chi connectivity index (χ2n) is 13.1. The van der Waals surface area contributed by atoms with E-state index < -0.39 is 25.9 Å². The van der Waals surface area contributed by atoms with E-state index in [1.165, 1.54) is 0 Å². The van der Waals surface area contributed by atoms with Crippen molar-refractivity contribution >= 4 is 32.5 Å². The summed E-state index contributed by atoms with van der Waals surface area (Å²) in [6, 6.07) is 14.5. The molecule has 0 fully saturated rings. The quantitative estimate of drug-likeness (QED) is 0.288. The summed E-state index contributed by atoms with van der Waals surface area (Å²) in [6.45, 7) is 19.0. The molecule has 7 nitrogen and oxygen atoms in total. The van der Waals surface area contributed by atoms with Crippen LogP contribution in [0.4, 0.5) is 0 Å². The van der Waals surface area contributed by atoms with Crippen molar-refractivity contribution in [3.05, 3.63) is 75.9 Å². The van der Waals surface area contributed by atoms with Crippen LogP contribution in [0.15, 0.2) is 59.9 Å². The minimum absolute atomic E-state index is 0.114. The molecule has 226 valence electrons. The van der Waals surface area contributed by atoms with Gasteiger partial charge in [0.05, 0.1) is 13.7 Å². The van der Waals surface area contributed by atoms with E-state index in [1.807, 2.05) is 62.3 Å². The van der Waals surface area contributed by atoms with Crippen LogP contribution in [-0.2, 0) is 14.0 Å². The SMILES string of the molecule is COc1ccc(C(=O)N2CC(O[Si](C(C)C)(C(C)C)C(C)C)=C(C(=O)OC(C)(C)C)[C@@H]3C=c4ccccc4=CN32)cc1. The normalized spacial score (nSPS) is 17.0. The van der Waals surface area contributed by atoms with Crippen molar-refractivity contribution in [2.45, 2.75) is 90.6 Å². The molecule has 2 aromatic rings. The average molecular weight is 591 g/mol. The van der Waals surface area contributed by atoms with Gasteiger partial charge in [0.2, 0.25) is 0 Å². The van der Waals surface area contributed by atoms with Crippen LogP contribution < -0.4 is 15.2 Å². The molecule has 2 heterocycles. The number of hydrazine groups is 1. The van der Waals surface area contributed by atoms with Gasteiger partial charge in [-0.25, -0.2) is 9.80 Å². The first-order valence-electron chi connectivity index (χ1n) is 14.9. The molecule has 1 atom stereocenters. The zero-order valence-electron chi connectivity index (χ0n) is 26.7. The van der Waals surface area contributed by atoms with Crippen molar-refractivity contribution in [3.8, 4) is 5.75 Å². The predicted molar refractivity (Wildman–Crippen MR) is 169 cm³/mol. The Morgan fingerprint density at radius 3 is 1.98 bits per heavy atom. The Bertz CT molecular complexity index is 1450. The third kappa shape index (κ3) is 6.00. The minimum Gasteiger partial charge on any atom is -0.544 e. The number of rotatable bonds is 8. The van der Waals surface area contributed by atoms with E-state index in [9.17, 15) is 9.59 Å². The number of nitrogens with zero attached hydrogens (tertiary/aromatic N) is 2. The lowest BCUT2D eigenvalue weighted by atomic mass is 9.97. The Kier molecular flexibility index (Phi) is 8.97. The molecule has 0 bridgehead atoms. The fraction of sp³-hybridized carbons (Fsp3) is 0.471. The van der Waals surface area contributed by atoms with Gasteiger partial charge in [0.15, 0.2) is 0 Å². The summed E-state index contributed by atoms with van der Waals surface area (Å²) in [6.07, 6.45) is 3.98. The van der Waals surface area contributed by atoms with Gasteiger partial charge < -0.3 is 13.9 Å². The summed E-state index contributed by atoms with van der Waals surface area (Å²) < 4.78 is 18.6. The Hall–Kier alpha value is -3.52. The topological polar surface area (TPSA) is 68.3 Å². The molecule has 0 aliphatic carbocycles. The van der Waals surface area contributed by atoms with Crippen molar-refractivity contribution in [1.29, 1.82) is 0 Å². The first-order chi connectivity index (χ1) is 19.7. The number of esters is 1. The molecular formula is C34H46N2O5Si. The van der Waals surface area contributed by atoms with Crippen molar-refractivity contribution < 1.29 is 23.5 Å². The Morgan fingerprint density at radius 2 is 1.45 bits per heavy atom. The number of carbonyl (C=O) groups excluding carboxylic acids is 2. The molecule has 0 spiro atoms. The van der Waals surface area contributed by atoms with Crippen LogP contribution in [0, 0.1) is 0 Å². The van der Waals surface area contributed by atoms with Gasteiger partial charge in [-0.1, -0.05) is 65.8 Å². The second kappa shape index (κ2) is 12.0. The van der Waals surface area contributed by atoms with Crippen molar-refractivity contribution in [2.75, 3.05) is 13.7 Å². The van der Waals surface area contributed by atoms with Gasteiger partial charge in [-0.15, -0.1) is 0 Å². The van der Waals surface area contributed by atoms with Crippen LogP contribution in [0.2, 0.25) is 16.6 Å². The molecule has 0 N–H and O–H groups in total. The number of fused-ring (bicyclic) bond motifs is 2. The number of carbonyl (C=O) groups is 2. The first-order valence-corrected chi connectivity index (χ1v) is 17.0. The van der Waals surface area contributed by atoms with Gasteiger partial charge in [-0.3, -0.25) is 9.80 Å². The Balaban J connectivity index is 1.97. The molecule has 2 aromatic carbocycles. The fourth-order valence-electron chi connectivity index (χ4n) is 6.43. The summed E-state index contributed by atoms with van der Waals surface area (Å²) in [5, 5.41) is 5.51. The zero-order chi connectivity index (χ0) is 31.0. The summed E-state index contributed by atoms with van der Waals surface area (Å²) in [5.41, 5.74) is 1.09. The highest BCUT2D eigenvalue weighted by Crippen LogP contribution is 2.45. The maximum atomic E-state index is 14.2. The molecule has 42 heavy (non-hydrogen) atoms. The molecule has 0 saturated carbocycles. The molecule has 8 heteroatoms. The zero-order valence-corrected chi connectivity index (χ0v) is 27.7. The van der Waals surface area contributed by atoms with E-state index in [-0.39, 0.29) is 29.1 Å². The van der Waals surface area contributed by atoms with Crippen LogP contribution in [0.25, 0.3) is 12.3 Å². The van der Waals surface area contributed by atoms with Crippen molar-refractivity contribution in [2.24, 2.45) is 0 Å². The molecule has 0 unspecified atom stereocenters. The molecule has 2 aliphatic rings. The van der Waals surface area contributed by atoms with Crippen molar-refractivity contribution in [1.82, 2.24) is 10.0 Å². The molecule has 0 radical (unpaired) electrons. The highest BCUT2D eigenvalue weighted by molar-refractivity contribution is 6.77. The van der Waals surface area contributed by atoms with Gasteiger partial charge >= 0.3 is 5.97 Å². The smallest absolute Gasteiger partial charge is 0.340 e. The standard InChI is InChI=1S/C34H46N2O5Si/c1-22(2)42(23(3)4,24(5)6)41-30-21-36(32(37)25-15-17-28(39-10)18-16-25)35-20-27-14-12-11-13-26(27)19-29(35)31(30)33(38)40-34(7,8)9/h11-20,22-24,29H,21H2,1-10H3/t29-/m0/s1. The summed E-state index contributed by atoms with van der Waals surface area (Å²) in [4.78, 5) is 28.3. The second-order valence-corrected chi connectivity index (χ2v) is 18.5. The third-order valence-corrected chi connectivity index (χ3v) is 14.3. The number of hydrogen-bond donors (Lipinski definition) is 0. The molecule has 4 rings (SSSR count). The number of benzene rings is 2. The molecular weight excluding hydrogens is 544 g/mol. The van der Waals surface area contributed by atoms with E-state index in [0.717, 1.165) is 10.4 Å². The van der Waals surface area contributed by atoms with Gasteiger partial charge in [0.1, 0.15) is 28.7 Å². The summed E-state index contributed by atoms with van der Waals surface area (Å²) in [5.74, 6) is 0.584. The van der Waals surface area contributed by atoms with E-state index in [4.69, 9.17) is 13.9 Å². The van der Waals surface area contributed by atoms with Crippen LogP contribution in [0.1, 0.15) is 72.7 Å². The lowest BCUT2D eigenvalue weighted by molar-refractivity contribution is -0.151. The monoisotopic (exact) mass is 590 g/mol. The minimum atomic E-state index is -2.51. The van der Waals surface area contributed by atoms with E-state index in [0.29, 0.717) is 22.6 Å². The lowest BCUT2D eigenvalue weighted by Gasteiger charge is -2.49. The van der Waals surface area contributed by atoms with E-state index in [2.05, 4.69) is 41.5 Å². The highest BCUT2D eigenvalue weighted by atomic mass is 28.4. The summed E-state index contributed by atoms with van der Waals surface area (Å²) in [7, 11) is -0.908. The predicted octanol–water partition coefficient (Wildman–Crippen LogP) is 5.76. The van der Waals surface area contributed by atoms with Gasteiger partial charge in [-0.05, 0) is 78.2 Å². The number of hydrogen-bond acceptors (Lipinski definition) is 6. The molecule has 2 aliphatic heterocycles. The lowest BCUT2D eigenvalue weighted by Crippen LogP contribution is -2.59. The maximum Gasteiger partial charge on any atom is 0.340 e. The van der Waals surface area contributed by atoms with E-state index in [1.54, 1.807) is 36.4 Å². The highest BCUT2D eigenvalue weighted by Gasteiger charge is 2.50. The van der Waals surface area contributed by atoms with Crippen LogP contribution >= 0.6 is 0 Å². The van der Waals surface area contributed by atoms with Gasteiger partial charge in [-0.2, -0.15) is 0 Å². The fourth-order valence-corrected chi connectivity index (χ4v) is 11.7. The molecule has 0 aromatic heterocycles. The Labute approximate surface area is 251 Å². The summed E-state index contributed by atoms with van der Waals surface area (Å²) >= 11 is 0. The number of methoxy groups -OCH3 is 1. The number of ether oxygens (including phenoxy) is 2. The number of amides is 1. The third-order valence-electron chi connectivity index (χ3n) is 8.26. The molecule has 0 saturated heterocycles. The maximum absolute atomic E-state index is 14.2. The largest absolute Gasteiger partial charge is 0.544 e. The van der Waals surface area contributed by atoms with Crippen LogP contribution in [0.5, 0.6) is 5.75 Å².